The number of anilines is 1. The molecule has 0 saturated carbocycles. The number of hydrogen-bond donors (Lipinski definition) is 0. The third-order valence-electron chi connectivity index (χ3n) is 3.44. The molecule has 1 atom stereocenters. The number of aromatic nitrogens is 2. The molecule has 1 aliphatic rings. The van der Waals surface area contributed by atoms with Gasteiger partial charge in [0, 0.05) is 6.54 Å². The molecule has 2 heterocycles. The third kappa shape index (κ3) is 2.26. The molecule has 1 aromatic heterocycles. The van der Waals surface area contributed by atoms with Crippen LogP contribution < -0.4 is 4.90 Å². The highest BCUT2D eigenvalue weighted by Crippen LogP contribution is 2.38. The normalized spacial score (nSPS) is 21.9. The summed E-state index contributed by atoms with van der Waals surface area (Å²) in [4.78, 5) is 31.6. The molecule has 0 aromatic carbocycles. The molecule has 0 radical (unpaired) electrons. The van der Waals surface area contributed by atoms with Gasteiger partial charge in [0.25, 0.3) is 0 Å². The second kappa shape index (κ2) is 5.20. The monoisotopic (exact) mass is 300 g/mol. The number of carbonyl (C=O) groups excluding carboxylic acids is 1. The van der Waals surface area contributed by atoms with Crippen LogP contribution in [0.3, 0.4) is 0 Å². The van der Waals surface area contributed by atoms with Crippen molar-refractivity contribution >= 4 is 29.1 Å². The fraction of sp³-hybridized carbons (Fsp3) is 0.545. The average Bonchev–Trinajstić information content (AvgIpc) is 2.80. The maximum absolute atomic E-state index is 12.0. The Morgan fingerprint density at radius 2 is 2.35 bits per heavy atom. The molecular weight excluding hydrogens is 288 g/mol. The molecule has 0 spiro atoms. The molecule has 1 saturated heterocycles. The lowest BCUT2D eigenvalue weighted by Crippen LogP contribution is -2.49. The van der Waals surface area contributed by atoms with Gasteiger partial charge >= 0.3 is 11.7 Å². The standard InChI is InChI=1S/C11H13ClN4O4/c1-11(9(17)20-2)4-3-5-15(11)8-7(16(18)19)6-13-10(12)14-8/h6H,3-5H2,1-2H3/t11-/m0/s1. The van der Waals surface area contributed by atoms with Crippen molar-refractivity contribution in [2.24, 2.45) is 0 Å². The van der Waals surface area contributed by atoms with Crippen LogP contribution in [0.25, 0.3) is 0 Å². The molecule has 0 aliphatic carbocycles. The second-order valence-electron chi connectivity index (χ2n) is 4.63. The lowest BCUT2D eigenvalue weighted by atomic mass is 9.99. The van der Waals surface area contributed by atoms with E-state index in [1.54, 1.807) is 11.8 Å². The maximum Gasteiger partial charge on any atom is 0.331 e. The van der Waals surface area contributed by atoms with E-state index in [2.05, 4.69) is 9.97 Å². The van der Waals surface area contributed by atoms with Crippen molar-refractivity contribution in [3.05, 3.63) is 21.6 Å². The molecule has 1 fully saturated rings. The average molecular weight is 301 g/mol. The summed E-state index contributed by atoms with van der Waals surface area (Å²) in [6.07, 6.45) is 2.27. The lowest BCUT2D eigenvalue weighted by molar-refractivity contribution is -0.384. The largest absolute Gasteiger partial charge is 0.467 e. The first-order chi connectivity index (χ1) is 9.40. The van der Waals surface area contributed by atoms with Crippen molar-refractivity contribution in [1.82, 2.24) is 9.97 Å². The van der Waals surface area contributed by atoms with E-state index in [4.69, 9.17) is 16.3 Å². The number of ether oxygens (including phenoxy) is 1. The fourth-order valence-corrected chi connectivity index (χ4v) is 2.54. The molecule has 9 heteroatoms. The van der Waals surface area contributed by atoms with Crippen molar-refractivity contribution in [3.8, 4) is 0 Å². The van der Waals surface area contributed by atoms with Crippen LogP contribution in [0.4, 0.5) is 11.5 Å². The molecule has 20 heavy (non-hydrogen) atoms. The van der Waals surface area contributed by atoms with Crippen LogP contribution in [0, 0.1) is 10.1 Å². The number of halogens is 1. The summed E-state index contributed by atoms with van der Waals surface area (Å²) in [5.41, 5.74) is -1.27. The van der Waals surface area contributed by atoms with Crippen LogP contribution in [0.2, 0.25) is 5.28 Å². The summed E-state index contributed by atoms with van der Waals surface area (Å²) in [5.74, 6) is -0.417. The summed E-state index contributed by atoms with van der Waals surface area (Å²) < 4.78 is 4.79. The summed E-state index contributed by atoms with van der Waals surface area (Å²) >= 11 is 5.72. The summed E-state index contributed by atoms with van der Waals surface area (Å²) in [6.45, 7) is 2.13. The molecule has 1 aliphatic heterocycles. The zero-order chi connectivity index (χ0) is 14.9. The highest BCUT2D eigenvalue weighted by atomic mass is 35.5. The van der Waals surface area contributed by atoms with Gasteiger partial charge in [-0.15, -0.1) is 0 Å². The first-order valence-electron chi connectivity index (χ1n) is 5.93. The van der Waals surface area contributed by atoms with Gasteiger partial charge in [0.2, 0.25) is 11.1 Å². The number of nitrogens with zero attached hydrogens (tertiary/aromatic N) is 4. The number of nitro groups is 1. The third-order valence-corrected chi connectivity index (χ3v) is 3.62. The second-order valence-corrected chi connectivity index (χ2v) is 4.96. The Morgan fingerprint density at radius 3 is 2.95 bits per heavy atom. The number of esters is 1. The van der Waals surface area contributed by atoms with Gasteiger partial charge in [-0.3, -0.25) is 10.1 Å². The van der Waals surface area contributed by atoms with Crippen molar-refractivity contribution in [1.29, 1.82) is 0 Å². The zero-order valence-electron chi connectivity index (χ0n) is 11.0. The zero-order valence-corrected chi connectivity index (χ0v) is 11.8. The minimum absolute atomic E-state index is 0.0420. The van der Waals surface area contributed by atoms with E-state index in [0.29, 0.717) is 19.4 Å². The SMILES string of the molecule is COC(=O)[C@]1(C)CCCN1c1nc(Cl)ncc1[N+](=O)[O-]. The Kier molecular flexibility index (Phi) is 3.76. The quantitative estimate of drug-likeness (QED) is 0.361. The Balaban J connectivity index is 2.52. The van der Waals surface area contributed by atoms with Crippen LogP contribution in [-0.4, -0.2) is 40.1 Å². The minimum atomic E-state index is -0.989. The van der Waals surface area contributed by atoms with Crippen LogP contribution in [-0.2, 0) is 9.53 Å². The summed E-state index contributed by atoms with van der Waals surface area (Å²) in [7, 11) is 1.28. The first-order valence-corrected chi connectivity index (χ1v) is 6.31. The van der Waals surface area contributed by atoms with Gasteiger partial charge in [-0.25, -0.2) is 9.78 Å². The molecule has 0 N–H and O–H groups in total. The first kappa shape index (κ1) is 14.4. The molecule has 108 valence electrons. The van der Waals surface area contributed by atoms with Gasteiger partial charge < -0.3 is 9.64 Å². The molecule has 8 nitrogen and oxygen atoms in total. The van der Waals surface area contributed by atoms with Gasteiger partial charge in [-0.2, -0.15) is 4.98 Å². The van der Waals surface area contributed by atoms with Crippen LogP contribution in [0.15, 0.2) is 6.20 Å². The van der Waals surface area contributed by atoms with E-state index in [0.717, 1.165) is 6.20 Å². The highest BCUT2D eigenvalue weighted by Gasteiger charge is 2.47. The van der Waals surface area contributed by atoms with E-state index in [1.807, 2.05) is 0 Å². The number of hydrogen-bond acceptors (Lipinski definition) is 7. The van der Waals surface area contributed by atoms with Gasteiger partial charge in [0.15, 0.2) is 0 Å². The van der Waals surface area contributed by atoms with Crippen LogP contribution in [0.1, 0.15) is 19.8 Å². The van der Waals surface area contributed by atoms with E-state index in [1.165, 1.54) is 7.11 Å². The van der Waals surface area contributed by atoms with E-state index >= 15 is 0 Å². The Labute approximate surface area is 119 Å². The molecule has 1 aromatic rings. The van der Waals surface area contributed by atoms with Crippen LogP contribution >= 0.6 is 11.6 Å². The number of methoxy groups -OCH3 is 1. The molecule has 0 unspecified atom stereocenters. The molecule has 0 amide bonds. The predicted molar refractivity (Wildman–Crippen MR) is 70.7 cm³/mol. The van der Waals surface area contributed by atoms with Crippen molar-refractivity contribution < 1.29 is 14.5 Å². The van der Waals surface area contributed by atoms with E-state index < -0.39 is 16.4 Å². The van der Waals surface area contributed by atoms with E-state index in [-0.39, 0.29) is 16.8 Å². The number of rotatable bonds is 3. The smallest absolute Gasteiger partial charge is 0.331 e. The van der Waals surface area contributed by atoms with Crippen molar-refractivity contribution in [2.75, 3.05) is 18.6 Å². The molecule has 0 bridgehead atoms. The molecule has 2 rings (SSSR count). The fourth-order valence-electron chi connectivity index (χ4n) is 2.41. The Morgan fingerprint density at radius 1 is 1.65 bits per heavy atom. The van der Waals surface area contributed by atoms with Gasteiger partial charge in [-0.1, -0.05) is 0 Å². The minimum Gasteiger partial charge on any atom is -0.467 e. The van der Waals surface area contributed by atoms with Crippen molar-refractivity contribution in [3.63, 3.8) is 0 Å². The van der Waals surface area contributed by atoms with Crippen molar-refractivity contribution in [2.45, 2.75) is 25.3 Å². The topological polar surface area (TPSA) is 98.5 Å². The molecular formula is C11H13ClN4O4. The lowest BCUT2D eigenvalue weighted by Gasteiger charge is -2.32. The van der Waals surface area contributed by atoms with Crippen LogP contribution in [0.5, 0.6) is 0 Å². The van der Waals surface area contributed by atoms with Gasteiger partial charge in [-0.05, 0) is 31.4 Å². The van der Waals surface area contributed by atoms with E-state index in [9.17, 15) is 14.9 Å². The Bertz CT molecular complexity index is 567. The van der Waals surface area contributed by atoms with Gasteiger partial charge in [0.1, 0.15) is 11.7 Å². The maximum atomic E-state index is 12.0. The number of carbonyl (C=O) groups is 1. The van der Waals surface area contributed by atoms with Gasteiger partial charge in [0.05, 0.1) is 12.0 Å². The Hall–Kier alpha value is -1.96. The summed E-state index contributed by atoms with van der Waals surface area (Å²) in [6, 6.07) is 0. The highest BCUT2D eigenvalue weighted by molar-refractivity contribution is 6.28. The summed E-state index contributed by atoms with van der Waals surface area (Å²) in [5, 5.41) is 11.0. The predicted octanol–water partition coefficient (Wildman–Crippen LogP) is 1.57.